The van der Waals surface area contributed by atoms with Crippen LogP contribution in [-0.4, -0.2) is 19.3 Å². The van der Waals surface area contributed by atoms with Crippen LogP contribution in [-0.2, 0) is 4.74 Å². The van der Waals surface area contributed by atoms with E-state index in [2.05, 4.69) is 0 Å². The van der Waals surface area contributed by atoms with Gasteiger partial charge in [-0.15, -0.1) is 0 Å². The molecule has 2 heteroatoms. The first kappa shape index (κ1) is 9.17. The zero-order valence-corrected chi connectivity index (χ0v) is 8.87. The van der Waals surface area contributed by atoms with E-state index in [0.717, 1.165) is 25.0 Å². The van der Waals surface area contributed by atoms with Crippen LogP contribution < -0.4 is 5.73 Å². The molecule has 3 atom stereocenters. The van der Waals surface area contributed by atoms with Crippen molar-refractivity contribution in [2.75, 3.05) is 13.2 Å². The Morgan fingerprint density at radius 1 is 1.29 bits per heavy atom. The van der Waals surface area contributed by atoms with Gasteiger partial charge in [-0.3, -0.25) is 0 Å². The van der Waals surface area contributed by atoms with Crippen LogP contribution in [0.15, 0.2) is 0 Å². The lowest BCUT2D eigenvalue weighted by Crippen LogP contribution is -2.33. The minimum absolute atomic E-state index is 0.475. The van der Waals surface area contributed by atoms with Gasteiger partial charge in [0.05, 0.1) is 6.10 Å². The minimum atomic E-state index is 0.475. The Morgan fingerprint density at radius 2 is 2.07 bits per heavy atom. The summed E-state index contributed by atoms with van der Waals surface area (Å²) in [6, 6.07) is 0. The van der Waals surface area contributed by atoms with Gasteiger partial charge in [-0.25, -0.2) is 0 Å². The van der Waals surface area contributed by atoms with Crippen molar-refractivity contribution in [3.63, 3.8) is 0 Å². The molecule has 0 aromatic carbocycles. The molecule has 3 aliphatic rings. The molecular weight excluding hydrogens is 174 g/mol. The monoisotopic (exact) mass is 195 g/mol. The quantitative estimate of drug-likeness (QED) is 0.747. The van der Waals surface area contributed by atoms with E-state index in [1.807, 2.05) is 0 Å². The fourth-order valence-electron chi connectivity index (χ4n) is 3.71. The van der Waals surface area contributed by atoms with Crippen molar-refractivity contribution in [2.45, 2.75) is 44.6 Å². The van der Waals surface area contributed by atoms with Crippen LogP contribution in [0.2, 0.25) is 0 Å². The molecule has 0 bridgehead atoms. The van der Waals surface area contributed by atoms with Crippen LogP contribution in [0.3, 0.4) is 0 Å². The highest BCUT2D eigenvalue weighted by Gasteiger charge is 2.53. The SMILES string of the molecule is NCC1(CC2CCCO2)CC2CC2C1. The number of nitrogens with two attached hydrogens (primary N) is 1. The lowest BCUT2D eigenvalue weighted by molar-refractivity contribution is 0.0604. The van der Waals surface area contributed by atoms with Gasteiger partial charge in [0.2, 0.25) is 0 Å². The molecule has 1 saturated heterocycles. The molecule has 1 heterocycles. The Bertz CT molecular complexity index is 212. The van der Waals surface area contributed by atoms with Gasteiger partial charge in [-0.1, -0.05) is 0 Å². The average Bonchev–Trinajstić information content (AvgIpc) is 2.68. The molecule has 0 amide bonds. The van der Waals surface area contributed by atoms with Crippen LogP contribution in [0.1, 0.15) is 38.5 Å². The van der Waals surface area contributed by atoms with Crippen molar-refractivity contribution in [3.8, 4) is 0 Å². The Labute approximate surface area is 86.2 Å². The highest BCUT2D eigenvalue weighted by molar-refractivity contribution is 5.04. The fraction of sp³-hybridized carbons (Fsp3) is 1.00. The standard InChI is InChI=1S/C12H21NO/c13-8-12(5-9-4-10(9)6-12)7-11-2-1-3-14-11/h9-11H,1-8,13H2. The molecule has 80 valence electrons. The number of hydrogen-bond acceptors (Lipinski definition) is 2. The molecule has 2 saturated carbocycles. The van der Waals surface area contributed by atoms with Crippen molar-refractivity contribution in [1.82, 2.24) is 0 Å². The van der Waals surface area contributed by atoms with E-state index < -0.39 is 0 Å². The molecule has 3 fully saturated rings. The van der Waals surface area contributed by atoms with Crippen molar-refractivity contribution >= 4 is 0 Å². The summed E-state index contributed by atoms with van der Waals surface area (Å²) < 4.78 is 5.74. The molecule has 0 aromatic rings. The van der Waals surface area contributed by atoms with E-state index in [1.54, 1.807) is 0 Å². The third-order valence-corrected chi connectivity index (χ3v) is 4.58. The van der Waals surface area contributed by atoms with E-state index in [1.165, 1.54) is 38.5 Å². The zero-order chi connectivity index (χ0) is 9.60. The normalized spacial score (nSPS) is 50.8. The van der Waals surface area contributed by atoms with E-state index in [-0.39, 0.29) is 0 Å². The first-order chi connectivity index (χ1) is 6.81. The third-order valence-electron chi connectivity index (χ3n) is 4.58. The first-order valence-corrected chi connectivity index (χ1v) is 6.13. The van der Waals surface area contributed by atoms with Crippen LogP contribution in [0.25, 0.3) is 0 Å². The number of rotatable bonds is 3. The predicted molar refractivity (Wildman–Crippen MR) is 55.9 cm³/mol. The number of ether oxygens (including phenoxy) is 1. The molecule has 0 spiro atoms. The van der Waals surface area contributed by atoms with E-state index in [9.17, 15) is 0 Å². The van der Waals surface area contributed by atoms with Crippen molar-refractivity contribution in [3.05, 3.63) is 0 Å². The Hall–Kier alpha value is -0.0800. The molecule has 14 heavy (non-hydrogen) atoms. The minimum Gasteiger partial charge on any atom is -0.378 e. The summed E-state index contributed by atoms with van der Waals surface area (Å²) in [5, 5.41) is 0. The molecular formula is C12H21NO. The fourth-order valence-corrected chi connectivity index (χ4v) is 3.71. The van der Waals surface area contributed by atoms with Crippen LogP contribution in [0, 0.1) is 17.3 Å². The topological polar surface area (TPSA) is 35.2 Å². The first-order valence-electron chi connectivity index (χ1n) is 6.13. The van der Waals surface area contributed by atoms with Crippen LogP contribution in [0.4, 0.5) is 0 Å². The highest BCUT2D eigenvalue weighted by atomic mass is 16.5. The maximum Gasteiger partial charge on any atom is 0.0581 e. The van der Waals surface area contributed by atoms with Gasteiger partial charge in [0.15, 0.2) is 0 Å². The number of hydrogen-bond donors (Lipinski definition) is 1. The van der Waals surface area contributed by atoms with E-state index >= 15 is 0 Å². The highest BCUT2D eigenvalue weighted by Crippen LogP contribution is 2.61. The van der Waals surface area contributed by atoms with Crippen LogP contribution in [0.5, 0.6) is 0 Å². The summed E-state index contributed by atoms with van der Waals surface area (Å²) >= 11 is 0. The van der Waals surface area contributed by atoms with Crippen molar-refractivity contribution < 1.29 is 4.74 Å². The molecule has 2 N–H and O–H groups in total. The summed E-state index contributed by atoms with van der Waals surface area (Å²) in [6.07, 6.45) is 8.61. The Balaban J connectivity index is 1.62. The summed E-state index contributed by atoms with van der Waals surface area (Å²) in [4.78, 5) is 0. The van der Waals surface area contributed by atoms with Gasteiger partial charge in [0.1, 0.15) is 0 Å². The second-order valence-electron chi connectivity index (χ2n) is 5.71. The van der Waals surface area contributed by atoms with Gasteiger partial charge < -0.3 is 10.5 Å². The second kappa shape index (κ2) is 3.21. The lowest BCUT2D eigenvalue weighted by Gasteiger charge is -2.31. The Morgan fingerprint density at radius 3 is 2.64 bits per heavy atom. The molecule has 1 aliphatic heterocycles. The second-order valence-corrected chi connectivity index (χ2v) is 5.71. The average molecular weight is 195 g/mol. The van der Waals surface area contributed by atoms with E-state index in [0.29, 0.717) is 11.5 Å². The van der Waals surface area contributed by atoms with E-state index in [4.69, 9.17) is 10.5 Å². The number of fused-ring (bicyclic) bond motifs is 1. The van der Waals surface area contributed by atoms with Crippen molar-refractivity contribution in [2.24, 2.45) is 23.0 Å². The van der Waals surface area contributed by atoms with Crippen LogP contribution >= 0.6 is 0 Å². The summed E-state index contributed by atoms with van der Waals surface area (Å²) in [7, 11) is 0. The van der Waals surface area contributed by atoms with Crippen molar-refractivity contribution in [1.29, 1.82) is 0 Å². The Kier molecular flexibility index (Phi) is 2.10. The maximum atomic E-state index is 5.97. The predicted octanol–water partition coefficient (Wildman–Crippen LogP) is 1.93. The van der Waals surface area contributed by atoms with Gasteiger partial charge >= 0.3 is 0 Å². The summed E-state index contributed by atoms with van der Waals surface area (Å²) in [5.41, 5.74) is 6.45. The summed E-state index contributed by atoms with van der Waals surface area (Å²) in [6.45, 7) is 1.87. The molecule has 0 aromatic heterocycles. The lowest BCUT2D eigenvalue weighted by atomic mass is 9.77. The van der Waals surface area contributed by atoms with Gasteiger partial charge in [-0.2, -0.15) is 0 Å². The molecule has 2 nitrogen and oxygen atoms in total. The van der Waals surface area contributed by atoms with Gasteiger partial charge in [0, 0.05) is 6.61 Å². The van der Waals surface area contributed by atoms with Gasteiger partial charge in [0.25, 0.3) is 0 Å². The smallest absolute Gasteiger partial charge is 0.0581 e. The largest absolute Gasteiger partial charge is 0.378 e. The van der Waals surface area contributed by atoms with Gasteiger partial charge in [-0.05, 0) is 62.3 Å². The third kappa shape index (κ3) is 1.49. The molecule has 0 radical (unpaired) electrons. The molecule has 2 aliphatic carbocycles. The molecule has 3 unspecified atom stereocenters. The maximum absolute atomic E-state index is 5.97. The zero-order valence-electron chi connectivity index (χ0n) is 8.87. The summed E-state index contributed by atoms with van der Waals surface area (Å²) in [5.74, 6) is 2.08. The molecule has 3 rings (SSSR count).